The van der Waals surface area contributed by atoms with Crippen LogP contribution in [0.1, 0.15) is 31.0 Å². The molecular formula is C21H31N3O4. The van der Waals surface area contributed by atoms with Crippen LogP contribution in [0.5, 0.6) is 5.75 Å². The number of nitriles is 1. The number of rotatable bonds is 12. The Bertz CT molecular complexity index is 689. The van der Waals surface area contributed by atoms with Crippen LogP contribution < -0.4 is 10.1 Å². The molecule has 1 aromatic carbocycles. The molecule has 0 saturated carbocycles. The van der Waals surface area contributed by atoms with Crippen molar-refractivity contribution in [3.05, 3.63) is 41.1 Å². The predicted molar refractivity (Wildman–Crippen MR) is 108 cm³/mol. The van der Waals surface area contributed by atoms with E-state index < -0.39 is 5.91 Å². The average Bonchev–Trinajstić information content (AvgIpc) is 2.68. The Balaban J connectivity index is 2.95. The first-order chi connectivity index (χ1) is 13.5. The van der Waals surface area contributed by atoms with Crippen molar-refractivity contribution in [2.75, 3.05) is 47.1 Å². The van der Waals surface area contributed by atoms with Crippen LogP contribution in [0, 0.1) is 18.3 Å². The molecule has 0 aliphatic heterocycles. The summed E-state index contributed by atoms with van der Waals surface area (Å²) in [5.74, 6) is 0.295. The summed E-state index contributed by atoms with van der Waals surface area (Å²) < 4.78 is 15.8. The highest BCUT2D eigenvalue weighted by Gasteiger charge is 2.18. The number of hydrogen-bond acceptors (Lipinski definition) is 6. The third-order valence-electron chi connectivity index (χ3n) is 4.12. The number of carbonyl (C=O) groups excluding carboxylic acids is 1. The second-order valence-corrected chi connectivity index (χ2v) is 6.35. The summed E-state index contributed by atoms with van der Waals surface area (Å²) in [6.45, 7) is 8.39. The van der Waals surface area contributed by atoms with Crippen molar-refractivity contribution in [3.8, 4) is 11.8 Å². The number of aryl methyl sites for hydroxylation is 1. The molecule has 7 nitrogen and oxygen atoms in total. The number of hydrogen-bond donors (Lipinski definition) is 1. The number of carbonyl (C=O) groups is 1. The van der Waals surface area contributed by atoms with E-state index >= 15 is 0 Å². The Hall–Kier alpha value is -2.56. The van der Waals surface area contributed by atoms with E-state index in [2.05, 4.69) is 5.32 Å². The Labute approximate surface area is 167 Å². The van der Waals surface area contributed by atoms with Crippen molar-refractivity contribution in [1.82, 2.24) is 10.2 Å². The number of nitrogens with one attached hydrogen (secondary N) is 1. The summed E-state index contributed by atoms with van der Waals surface area (Å²) in [5.41, 5.74) is 1.98. The lowest BCUT2D eigenvalue weighted by Crippen LogP contribution is -2.31. The number of benzene rings is 1. The fourth-order valence-electron chi connectivity index (χ4n) is 2.62. The molecule has 7 heteroatoms. The maximum absolute atomic E-state index is 12.7. The van der Waals surface area contributed by atoms with E-state index in [1.165, 1.54) is 0 Å². The number of methoxy groups -OCH3 is 2. The Morgan fingerprint density at radius 1 is 1.29 bits per heavy atom. The van der Waals surface area contributed by atoms with Crippen LogP contribution in [0.25, 0.3) is 0 Å². The van der Waals surface area contributed by atoms with Crippen LogP contribution in [0.4, 0.5) is 0 Å². The lowest BCUT2D eigenvalue weighted by Gasteiger charge is -2.21. The van der Waals surface area contributed by atoms with Gasteiger partial charge in [-0.1, -0.05) is 17.7 Å². The molecule has 154 valence electrons. The number of nitrogens with zero attached hydrogens (tertiary/aromatic N) is 2. The highest BCUT2D eigenvalue weighted by atomic mass is 16.5. The van der Waals surface area contributed by atoms with Gasteiger partial charge in [0.15, 0.2) is 0 Å². The molecule has 0 heterocycles. The lowest BCUT2D eigenvalue weighted by molar-refractivity contribution is -0.117. The zero-order chi connectivity index (χ0) is 20.9. The minimum atomic E-state index is -0.432. The second-order valence-electron chi connectivity index (χ2n) is 6.35. The minimum absolute atomic E-state index is 0.0321. The summed E-state index contributed by atoms with van der Waals surface area (Å²) in [4.78, 5) is 14.5. The summed E-state index contributed by atoms with van der Waals surface area (Å²) in [6.07, 6.45) is 1.56. The topological polar surface area (TPSA) is 83.8 Å². The molecule has 28 heavy (non-hydrogen) atoms. The largest absolute Gasteiger partial charge is 0.494 e. The Morgan fingerprint density at radius 3 is 2.46 bits per heavy atom. The number of amides is 1. The predicted octanol–water partition coefficient (Wildman–Crippen LogP) is 2.57. The third-order valence-corrected chi connectivity index (χ3v) is 4.12. The molecule has 0 bridgehead atoms. The zero-order valence-corrected chi connectivity index (χ0v) is 17.4. The fourth-order valence-corrected chi connectivity index (χ4v) is 2.62. The quantitative estimate of drug-likeness (QED) is 0.437. The van der Waals surface area contributed by atoms with Crippen molar-refractivity contribution in [2.45, 2.75) is 26.8 Å². The standard InChI is InChI=1S/C21H31N3O4/c1-6-28-20-8-7-16(2)13-19(20)17(3)23-21(25)18(14-22)15-24(9-11-26-4)10-12-27-5/h7-8,13,15,17H,6,9-12H2,1-5H3,(H,23,25)/b18-15-. The van der Waals surface area contributed by atoms with Crippen molar-refractivity contribution in [1.29, 1.82) is 5.26 Å². The zero-order valence-electron chi connectivity index (χ0n) is 17.4. The maximum atomic E-state index is 12.7. The van der Waals surface area contributed by atoms with E-state index in [4.69, 9.17) is 14.2 Å². The first-order valence-electron chi connectivity index (χ1n) is 9.34. The molecule has 1 rings (SSSR count). The molecular weight excluding hydrogens is 358 g/mol. The molecule has 0 spiro atoms. The molecule has 0 saturated heterocycles. The molecule has 1 atom stereocenters. The SMILES string of the molecule is CCOc1ccc(C)cc1C(C)NC(=O)/C(C#N)=C\N(CCOC)CCOC. The fraction of sp³-hybridized carbons (Fsp3) is 0.524. The van der Waals surface area contributed by atoms with E-state index in [-0.39, 0.29) is 11.6 Å². The van der Waals surface area contributed by atoms with Gasteiger partial charge in [-0.3, -0.25) is 4.79 Å². The highest BCUT2D eigenvalue weighted by Crippen LogP contribution is 2.26. The van der Waals surface area contributed by atoms with Gasteiger partial charge < -0.3 is 24.4 Å². The Kier molecular flexibility index (Phi) is 10.7. The highest BCUT2D eigenvalue weighted by molar-refractivity contribution is 5.97. The first-order valence-corrected chi connectivity index (χ1v) is 9.34. The maximum Gasteiger partial charge on any atom is 0.263 e. The van der Waals surface area contributed by atoms with E-state index in [1.807, 2.05) is 49.9 Å². The van der Waals surface area contributed by atoms with Gasteiger partial charge in [0.05, 0.1) is 25.9 Å². The van der Waals surface area contributed by atoms with Crippen molar-refractivity contribution in [3.63, 3.8) is 0 Å². The van der Waals surface area contributed by atoms with Gasteiger partial charge in [0.2, 0.25) is 0 Å². The van der Waals surface area contributed by atoms with Crippen molar-refractivity contribution < 1.29 is 19.0 Å². The molecule has 0 aliphatic rings. The van der Waals surface area contributed by atoms with Crippen LogP contribution in [-0.2, 0) is 14.3 Å². The van der Waals surface area contributed by atoms with E-state index in [9.17, 15) is 10.1 Å². The average molecular weight is 389 g/mol. The van der Waals surface area contributed by atoms with Gasteiger partial charge in [-0.05, 0) is 26.8 Å². The Morgan fingerprint density at radius 2 is 1.93 bits per heavy atom. The molecule has 0 radical (unpaired) electrons. The summed E-state index contributed by atoms with van der Waals surface area (Å²) in [7, 11) is 3.21. The molecule has 0 fully saturated rings. The van der Waals surface area contributed by atoms with Gasteiger partial charge >= 0.3 is 0 Å². The van der Waals surface area contributed by atoms with Gasteiger partial charge in [-0.15, -0.1) is 0 Å². The van der Waals surface area contributed by atoms with Gasteiger partial charge in [0.1, 0.15) is 17.4 Å². The number of ether oxygens (including phenoxy) is 3. The first kappa shape index (κ1) is 23.5. The van der Waals surface area contributed by atoms with Crippen LogP contribution in [0.3, 0.4) is 0 Å². The smallest absolute Gasteiger partial charge is 0.263 e. The molecule has 1 amide bonds. The molecule has 1 aromatic rings. The van der Waals surface area contributed by atoms with Gasteiger partial charge in [-0.25, -0.2) is 0 Å². The molecule has 1 N–H and O–H groups in total. The minimum Gasteiger partial charge on any atom is -0.494 e. The molecule has 0 aliphatic carbocycles. The molecule has 1 unspecified atom stereocenters. The summed E-state index contributed by atoms with van der Waals surface area (Å²) in [5, 5.41) is 12.4. The summed E-state index contributed by atoms with van der Waals surface area (Å²) in [6, 6.07) is 7.52. The van der Waals surface area contributed by atoms with Gasteiger partial charge in [0, 0.05) is 39.1 Å². The van der Waals surface area contributed by atoms with Crippen molar-refractivity contribution in [2.24, 2.45) is 0 Å². The van der Waals surface area contributed by atoms with E-state index in [1.54, 1.807) is 20.4 Å². The normalized spacial score (nSPS) is 12.2. The van der Waals surface area contributed by atoms with Gasteiger partial charge in [-0.2, -0.15) is 5.26 Å². The summed E-state index contributed by atoms with van der Waals surface area (Å²) >= 11 is 0. The van der Waals surface area contributed by atoms with Crippen LogP contribution in [-0.4, -0.2) is 57.9 Å². The van der Waals surface area contributed by atoms with Crippen LogP contribution in [0.15, 0.2) is 30.0 Å². The second kappa shape index (κ2) is 12.8. The van der Waals surface area contributed by atoms with Gasteiger partial charge in [0.25, 0.3) is 5.91 Å². The van der Waals surface area contributed by atoms with Crippen molar-refractivity contribution >= 4 is 5.91 Å². The van der Waals surface area contributed by atoms with Crippen LogP contribution >= 0.6 is 0 Å². The monoisotopic (exact) mass is 389 g/mol. The third kappa shape index (κ3) is 7.59. The van der Waals surface area contributed by atoms with E-state index in [0.29, 0.717) is 32.9 Å². The molecule has 0 aromatic heterocycles. The van der Waals surface area contributed by atoms with E-state index in [0.717, 1.165) is 16.9 Å². The lowest BCUT2D eigenvalue weighted by atomic mass is 10.0. The van der Waals surface area contributed by atoms with Crippen LogP contribution in [0.2, 0.25) is 0 Å².